The molecule has 4 rings (SSSR count). The quantitative estimate of drug-likeness (QED) is 0.336. The second-order valence-corrected chi connectivity index (χ2v) is 10.1. The van der Waals surface area contributed by atoms with Gasteiger partial charge in [-0.15, -0.1) is 0 Å². The van der Waals surface area contributed by atoms with Crippen LogP contribution in [-0.4, -0.2) is 42.1 Å². The van der Waals surface area contributed by atoms with E-state index in [0.29, 0.717) is 24.0 Å². The molecule has 194 valence electrons. The molecule has 0 unspecified atom stereocenters. The predicted octanol–water partition coefficient (Wildman–Crippen LogP) is 6.35. The molecule has 0 aliphatic carbocycles. The molecule has 37 heavy (non-hydrogen) atoms. The van der Waals surface area contributed by atoms with Crippen molar-refractivity contribution in [3.05, 3.63) is 89.0 Å². The van der Waals surface area contributed by atoms with Gasteiger partial charge in [0.2, 0.25) is 0 Å². The van der Waals surface area contributed by atoms with E-state index in [9.17, 15) is 4.79 Å². The number of nitrogens with one attached hydrogen (secondary N) is 1. The number of nitrogens with zero attached hydrogens (tertiary/aromatic N) is 1. The van der Waals surface area contributed by atoms with Crippen molar-refractivity contribution in [3.8, 4) is 11.5 Å². The van der Waals surface area contributed by atoms with Crippen molar-refractivity contribution >= 4 is 28.8 Å². The Morgan fingerprint density at radius 1 is 0.973 bits per heavy atom. The predicted molar refractivity (Wildman–Crippen MR) is 154 cm³/mol. The third-order valence-electron chi connectivity index (χ3n) is 6.79. The summed E-state index contributed by atoms with van der Waals surface area (Å²) in [5.41, 5.74) is 5.24. The molecule has 1 N–H and O–H groups in total. The van der Waals surface area contributed by atoms with Crippen LogP contribution in [0.15, 0.2) is 66.7 Å². The fourth-order valence-electron chi connectivity index (χ4n) is 4.70. The number of hydrogen-bond acceptors (Lipinski definition) is 4. The van der Waals surface area contributed by atoms with Crippen LogP contribution in [-0.2, 0) is 11.2 Å². The lowest BCUT2D eigenvalue weighted by Crippen LogP contribution is -2.38. The smallest absolute Gasteiger partial charge is 0.262 e. The minimum absolute atomic E-state index is 0.105. The van der Waals surface area contributed by atoms with Gasteiger partial charge in [-0.25, -0.2) is 0 Å². The van der Waals surface area contributed by atoms with Crippen LogP contribution >= 0.6 is 12.2 Å². The molecular weight excluding hydrogens is 480 g/mol. The van der Waals surface area contributed by atoms with E-state index in [1.54, 1.807) is 0 Å². The molecule has 1 saturated heterocycles. The highest BCUT2D eigenvalue weighted by molar-refractivity contribution is 7.80. The number of rotatable bonds is 9. The molecule has 1 amide bonds. The molecule has 3 aromatic carbocycles. The second kappa shape index (κ2) is 12.7. The van der Waals surface area contributed by atoms with Gasteiger partial charge in [-0.05, 0) is 86.9 Å². The molecule has 1 fully saturated rings. The Bertz CT molecular complexity index is 1220. The van der Waals surface area contributed by atoms with Crippen molar-refractivity contribution in [2.24, 2.45) is 5.92 Å². The van der Waals surface area contributed by atoms with Crippen molar-refractivity contribution < 1.29 is 14.3 Å². The average Bonchev–Trinajstić information content (AvgIpc) is 2.91. The summed E-state index contributed by atoms with van der Waals surface area (Å²) < 4.78 is 11.7. The molecule has 0 saturated carbocycles. The van der Waals surface area contributed by atoms with Crippen LogP contribution in [0.25, 0.3) is 0 Å². The summed E-state index contributed by atoms with van der Waals surface area (Å²) in [4.78, 5) is 15.7. The van der Waals surface area contributed by atoms with Gasteiger partial charge in [0, 0.05) is 24.3 Å². The highest BCUT2D eigenvalue weighted by Crippen LogP contribution is 2.30. The van der Waals surface area contributed by atoms with Crippen molar-refractivity contribution in [1.29, 1.82) is 0 Å². The van der Waals surface area contributed by atoms with Crippen LogP contribution in [0.2, 0.25) is 0 Å². The number of amides is 1. The molecule has 3 aromatic rings. The van der Waals surface area contributed by atoms with Gasteiger partial charge in [0.1, 0.15) is 4.99 Å². The van der Waals surface area contributed by atoms with Gasteiger partial charge in [0.05, 0.1) is 6.61 Å². The van der Waals surface area contributed by atoms with E-state index in [-0.39, 0.29) is 12.5 Å². The lowest BCUT2D eigenvalue weighted by molar-refractivity contribution is -0.118. The van der Waals surface area contributed by atoms with Crippen molar-refractivity contribution in [1.82, 2.24) is 4.90 Å². The Kier molecular flexibility index (Phi) is 9.18. The maximum absolute atomic E-state index is 12.5. The number of carbonyl (C=O) groups excluding carboxylic acids is 1. The Morgan fingerprint density at radius 3 is 2.46 bits per heavy atom. The lowest BCUT2D eigenvalue weighted by Gasteiger charge is -2.34. The topological polar surface area (TPSA) is 50.8 Å². The molecule has 0 bridgehead atoms. The minimum Gasteiger partial charge on any atom is -0.490 e. The number of hydrogen-bond donors (Lipinski definition) is 1. The first-order chi connectivity index (χ1) is 17.9. The zero-order chi connectivity index (χ0) is 26.2. The molecule has 5 nitrogen and oxygen atoms in total. The number of carbonyl (C=O) groups is 1. The summed E-state index contributed by atoms with van der Waals surface area (Å²) in [6.07, 6.45) is 3.38. The maximum atomic E-state index is 12.5. The third kappa shape index (κ3) is 7.32. The van der Waals surface area contributed by atoms with Crippen LogP contribution in [0.3, 0.4) is 0 Å². The maximum Gasteiger partial charge on any atom is 0.262 e. The molecule has 1 aliphatic heterocycles. The highest BCUT2D eigenvalue weighted by Gasteiger charge is 2.22. The van der Waals surface area contributed by atoms with E-state index < -0.39 is 0 Å². The van der Waals surface area contributed by atoms with Gasteiger partial charge in [-0.3, -0.25) is 4.79 Å². The van der Waals surface area contributed by atoms with Crippen molar-refractivity contribution in [2.75, 3.05) is 31.6 Å². The summed E-state index contributed by atoms with van der Waals surface area (Å²) >= 11 is 5.86. The number of ether oxygens (including phenoxy) is 2. The largest absolute Gasteiger partial charge is 0.490 e. The zero-order valence-corrected chi connectivity index (χ0v) is 22.8. The number of benzene rings is 3. The molecule has 6 heteroatoms. The van der Waals surface area contributed by atoms with Crippen LogP contribution < -0.4 is 14.8 Å². The summed E-state index contributed by atoms with van der Waals surface area (Å²) in [6, 6.07) is 22.4. The molecular formula is C31H36N2O3S. The average molecular weight is 517 g/mol. The normalized spacial score (nSPS) is 13.8. The van der Waals surface area contributed by atoms with Crippen LogP contribution in [0.5, 0.6) is 11.5 Å². The Morgan fingerprint density at radius 2 is 1.73 bits per heavy atom. The van der Waals surface area contributed by atoms with Gasteiger partial charge in [0.15, 0.2) is 18.1 Å². The minimum atomic E-state index is -0.214. The van der Waals surface area contributed by atoms with E-state index in [0.717, 1.165) is 59.7 Å². The molecule has 0 spiro atoms. The number of aryl methyl sites for hydroxylation is 2. The number of anilines is 1. The summed E-state index contributed by atoms with van der Waals surface area (Å²) in [7, 11) is 0. The van der Waals surface area contributed by atoms with Crippen LogP contribution in [0.4, 0.5) is 5.69 Å². The fraction of sp³-hybridized carbons (Fsp3) is 0.355. The van der Waals surface area contributed by atoms with E-state index in [2.05, 4.69) is 40.5 Å². The van der Waals surface area contributed by atoms with Gasteiger partial charge in [0.25, 0.3) is 5.91 Å². The summed E-state index contributed by atoms with van der Waals surface area (Å²) in [6.45, 7) is 8.20. The third-order valence-corrected chi connectivity index (χ3v) is 7.28. The molecule has 0 atom stereocenters. The van der Waals surface area contributed by atoms with Gasteiger partial charge in [-0.2, -0.15) is 0 Å². The Balaban J connectivity index is 1.34. The van der Waals surface area contributed by atoms with Crippen molar-refractivity contribution in [3.63, 3.8) is 0 Å². The first-order valence-corrected chi connectivity index (χ1v) is 13.4. The first kappa shape index (κ1) is 26.7. The monoisotopic (exact) mass is 516 g/mol. The number of likely N-dealkylation sites (tertiary alicyclic amines) is 1. The zero-order valence-electron chi connectivity index (χ0n) is 22.0. The lowest BCUT2D eigenvalue weighted by atomic mass is 9.90. The van der Waals surface area contributed by atoms with Crippen molar-refractivity contribution in [2.45, 2.75) is 40.0 Å². The highest BCUT2D eigenvalue weighted by atomic mass is 32.1. The van der Waals surface area contributed by atoms with E-state index >= 15 is 0 Å². The van der Waals surface area contributed by atoms with E-state index in [1.165, 1.54) is 5.56 Å². The first-order valence-electron chi connectivity index (χ1n) is 13.0. The Hall–Kier alpha value is -3.38. The number of thiocarbonyl (C=S) groups is 1. The number of piperidine rings is 1. The van der Waals surface area contributed by atoms with Crippen LogP contribution in [0, 0.1) is 19.8 Å². The van der Waals surface area contributed by atoms with Crippen LogP contribution in [0.1, 0.15) is 42.0 Å². The summed E-state index contributed by atoms with van der Waals surface area (Å²) in [5, 5.41) is 2.93. The standard InChI is InChI=1S/C31H36N2O3S/c1-4-35-29-20-26(31(37)33-16-14-25(15-17-33)19-24-8-6-5-7-9-24)12-13-28(29)36-21-30(34)32-27-18-22(2)10-11-23(27)3/h5-13,18,20,25H,4,14-17,19,21H2,1-3H3,(H,32,34). The Labute approximate surface area is 225 Å². The SMILES string of the molecule is CCOc1cc(C(=S)N2CCC(Cc3ccccc3)CC2)ccc1OCC(=O)Nc1cc(C)ccc1C. The molecule has 0 aromatic heterocycles. The van der Waals surface area contributed by atoms with Gasteiger partial charge in [-0.1, -0.05) is 54.7 Å². The van der Waals surface area contributed by atoms with E-state index in [4.69, 9.17) is 21.7 Å². The van der Waals surface area contributed by atoms with Gasteiger partial charge >= 0.3 is 0 Å². The molecule has 0 radical (unpaired) electrons. The summed E-state index contributed by atoms with van der Waals surface area (Å²) in [5.74, 6) is 1.60. The fourth-order valence-corrected chi connectivity index (χ4v) is 5.01. The molecule has 1 aliphatic rings. The van der Waals surface area contributed by atoms with E-state index in [1.807, 2.05) is 57.2 Å². The van der Waals surface area contributed by atoms with Gasteiger partial charge < -0.3 is 19.7 Å². The second-order valence-electron chi connectivity index (χ2n) is 9.68. The molecule has 1 heterocycles.